The molecule has 0 aromatic heterocycles. The number of fused-ring (bicyclic) bond motifs is 2. The van der Waals surface area contributed by atoms with Crippen molar-refractivity contribution in [3.05, 3.63) is 73.1 Å². The van der Waals surface area contributed by atoms with Crippen LogP contribution < -0.4 is 0 Å². The molecule has 0 nitrogen and oxygen atoms in total. The van der Waals surface area contributed by atoms with Crippen molar-refractivity contribution in [3.8, 4) is 0 Å². The Morgan fingerprint density at radius 1 is 0.923 bits per heavy atom. The van der Waals surface area contributed by atoms with E-state index in [0.717, 1.165) is 0 Å². The van der Waals surface area contributed by atoms with E-state index in [-0.39, 0.29) is 0 Å². The van der Waals surface area contributed by atoms with E-state index in [2.05, 4.69) is 77.9 Å². The van der Waals surface area contributed by atoms with Gasteiger partial charge < -0.3 is 0 Å². The van der Waals surface area contributed by atoms with E-state index >= 15 is 0 Å². The van der Waals surface area contributed by atoms with E-state index in [9.17, 15) is 0 Å². The third-order valence-corrected chi connectivity index (χ3v) is 14.3. The van der Waals surface area contributed by atoms with Crippen molar-refractivity contribution in [1.82, 2.24) is 0 Å². The molecule has 0 bridgehead atoms. The van der Waals surface area contributed by atoms with Gasteiger partial charge in [0.2, 0.25) is 0 Å². The molecule has 2 aliphatic rings. The maximum atomic E-state index is 2.54. The summed E-state index contributed by atoms with van der Waals surface area (Å²) in [5.41, 5.74) is 11.2. The Kier molecular flexibility index (Phi) is 4.50. The van der Waals surface area contributed by atoms with Gasteiger partial charge >= 0.3 is 170 Å². The average Bonchev–Trinajstić information content (AvgIpc) is 3.04. The monoisotopic (exact) mass is 508 g/mol. The molecule has 0 spiro atoms. The predicted molar refractivity (Wildman–Crippen MR) is 110 cm³/mol. The normalized spacial score (nSPS) is 19.0. The van der Waals surface area contributed by atoms with Gasteiger partial charge in [0, 0.05) is 0 Å². The SMILES string of the molecule is CCC1=[C]([Hf][C]2(C)C(C)=C(C)C(C)=C2C)Cc2cc3ccccc3cc21. The van der Waals surface area contributed by atoms with Crippen LogP contribution in [-0.4, -0.2) is 0 Å². The van der Waals surface area contributed by atoms with Gasteiger partial charge in [-0.2, -0.15) is 0 Å². The minimum atomic E-state index is -1.03. The van der Waals surface area contributed by atoms with Gasteiger partial charge in [-0.05, 0) is 0 Å². The van der Waals surface area contributed by atoms with Gasteiger partial charge in [0.05, 0.1) is 0 Å². The minimum absolute atomic E-state index is 0.380. The maximum absolute atomic E-state index is 2.54. The molecule has 0 saturated carbocycles. The summed E-state index contributed by atoms with van der Waals surface area (Å²) in [5, 5.41) is 2.78. The molecule has 0 saturated heterocycles. The van der Waals surface area contributed by atoms with E-state index in [0.29, 0.717) is 3.17 Å². The van der Waals surface area contributed by atoms with Crippen LogP contribution in [0.4, 0.5) is 0 Å². The van der Waals surface area contributed by atoms with E-state index in [1.807, 2.05) is 3.33 Å². The third kappa shape index (κ3) is 2.58. The van der Waals surface area contributed by atoms with Gasteiger partial charge in [0.1, 0.15) is 0 Å². The van der Waals surface area contributed by atoms with Gasteiger partial charge in [-0.3, -0.25) is 0 Å². The molecule has 2 aromatic rings. The van der Waals surface area contributed by atoms with E-state index in [1.165, 1.54) is 23.6 Å². The number of hydrogen-bond donors (Lipinski definition) is 0. The van der Waals surface area contributed by atoms with Crippen molar-refractivity contribution in [1.29, 1.82) is 0 Å². The summed E-state index contributed by atoms with van der Waals surface area (Å²) in [4.78, 5) is 0. The molecular formula is C25H28Hf. The summed E-state index contributed by atoms with van der Waals surface area (Å²) in [6.07, 6.45) is 2.38. The van der Waals surface area contributed by atoms with Crippen LogP contribution in [0.15, 0.2) is 62.0 Å². The molecule has 26 heavy (non-hydrogen) atoms. The molecule has 0 unspecified atom stereocenters. The van der Waals surface area contributed by atoms with Crippen molar-refractivity contribution in [3.63, 3.8) is 0 Å². The molecule has 0 N–H and O–H groups in total. The summed E-state index contributed by atoms with van der Waals surface area (Å²) >= 11 is -1.03. The Morgan fingerprint density at radius 3 is 2.08 bits per heavy atom. The standard InChI is InChI=1S/C15H13.C10H15.Hf/c1-2-11-7-8-14-9-12-5-3-4-6-13(12)10-15(11)14;1-6-7(2)9(4)10(5)8(6)3;/h3-6,9-10H,2,8H2,1H3;1-5H3;. The Hall–Kier alpha value is -1.21. The zero-order chi connectivity index (χ0) is 18.6. The van der Waals surface area contributed by atoms with Crippen LogP contribution >= 0.6 is 0 Å². The first-order valence-corrected chi connectivity index (χ1v) is 13.3. The molecule has 2 aliphatic carbocycles. The van der Waals surface area contributed by atoms with Crippen molar-refractivity contribution < 1.29 is 22.9 Å². The molecule has 1 heteroatoms. The van der Waals surface area contributed by atoms with E-state index in [4.69, 9.17) is 0 Å². The first kappa shape index (κ1) is 18.2. The van der Waals surface area contributed by atoms with Crippen molar-refractivity contribution in [2.24, 2.45) is 0 Å². The van der Waals surface area contributed by atoms with Crippen LogP contribution in [0.5, 0.6) is 0 Å². The zero-order valence-electron chi connectivity index (χ0n) is 16.9. The molecule has 0 radical (unpaired) electrons. The van der Waals surface area contributed by atoms with E-state index < -0.39 is 22.9 Å². The summed E-state index contributed by atoms with van der Waals surface area (Å²) in [6, 6.07) is 13.7. The first-order chi connectivity index (χ1) is 12.4. The number of benzene rings is 2. The molecule has 0 amide bonds. The van der Waals surface area contributed by atoms with Crippen molar-refractivity contribution in [2.75, 3.05) is 0 Å². The Balaban J connectivity index is 1.79. The molecule has 0 aliphatic heterocycles. The second kappa shape index (κ2) is 6.44. The van der Waals surface area contributed by atoms with Crippen LogP contribution in [0.25, 0.3) is 16.3 Å². The van der Waals surface area contributed by atoms with Crippen LogP contribution in [0.2, 0.25) is 3.17 Å². The summed E-state index contributed by atoms with van der Waals surface area (Å²) in [6.45, 7) is 14.3. The molecular weight excluding hydrogens is 479 g/mol. The Labute approximate surface area is 169 Å². The molecule has 2 aromatic carbocycles. The predicted octanol–water partition coefficient (Wildman–Crippen LogP) is 7.46. The summed E-state index contributed by atoms with van der Waals surface area (Å²) in [5.74, 6) is 0. The topological polar surface area (TPSA) is 0 Å². The number of hydrogen-bond acceptors (Lipinski definition) is 0. The molecule has 0 heterocycles. The number of rotatable bonds is 3. The summed E-state index contributed by atoms with van der Waals surface area (Å²) < 4.78 is 2.23. The first-order valence-electron chi connectivity index (χ1n) is 9.75. The van der Waals surface area contributed by atoms with Crippen LogP contribution in [0.3, 0.4) is 0 Å². The third-order valence-electron chi connectivity index (χ3n) is 6.97. The molecule has 132 valence electrons. The fourth-order valence-corrected chi connectivity index (χ4v) is 12.3. The van der Waals surface area contributed by atoms with Gasteiger partial charge in [-0.15, -0.1) is 0 Å². The van der Waals surface area contributed by atoms with Gasteiger partial charge in [-0.1, -0.05) is 0 Å². The summed E-state index contributed by atoms with van der Waals surface area (Å²) in [7, 11) is 0. The molecule has 0 fully saturated rings. The van der Waals surface area contributed by atoms with E-state index in [1.54, 1.807) is 39.0 Å². The average molecular weight is 507 g/mol. The van der Waals surface area contributed by atoms with Gasteiger partial charge in [-0.25, -0.2) is 0 Å². The van der Waals surface area contributed by atoms with Crippen LogP contribution in [0.1, 0.15) is 59.1 Å². The quantitative estimate of drug-likeness (QED) is 0.379. The fraction of sp³-hybridized carbons (Fsp3) is 0.360. The fourth-order valence-electron chi connectivity index (χ4n) is 4.78. The van der Waals surface area contributed by atoms with Crippen molar-refractivity contribution in [2.45, 2.75) is 57.6 Å². The number of allylic oxidation sites excluding steroid dienone is 6. The molecule has 0 atom stereocenters. The van der Waals surface area contributed by atoms with Crippen molar-refractivity contribution >= 4 is 16.3 Å². The van der Waals surface area contributed by atoms with Gasteiger partial charge in [0.15, 0.2) is 0 Å². The Morgan fingerprint density at radius 2 is 1.50 bits per heavy atom. The Bertz CT molecular complexity index is 990. The second-order valence-corrected chi connectivity index (χ2v) is 14.8. The van der Waals surface area contributed by atoms with Crippen LogP contribution in [0, 0.1) is 0 Å². The van der Waals surface area contributed by atoms with Crippen LogP contribution in [-0.2, 0) is 29.3 Å². The molecule has 4 rings (SSSR count). The van der Waals surface area contributed by atoms with Gasteiger partial charge in [0.25, 0.3) is 0 Å². The zero-order valence-corrected chi connectivity index (χ0v) is 20.5. The second-order valence-electron chi connectivity index (χ2n) is 8.09.